The molecule has 4 heterocycles. The highest BCUT2D eigenvalue weighted by Gasteiger charge is 2.27. The molecule has 0 bridgehead atoms. The molecule has 4 N–H and O–H groups in total. The molecule has 2 saturated heterocycles. The molecule has 3 aromatic rings. The lowest BCUT2D eigenvalue weighted by Gasteiger charge is -2.36. The van der Waals surface area contributed by atoms with Crippen molar-refractivity contribution in [3.63, 3.8) is 0 Å². The van der Waals surface area contributed by atoms with Gasteiger partial charge >= 0.3 is 12.1 Å². The molecule has 1 saturated carbocycles. The van der Waals surface area contributed by atoms with Gasteiger partial charge in [-0.05, 0) is 64.0 Å². The minimum Gasteiger partial charge on any atom is -0.444 e. The lowest BCUT2D eigenvalue weighted by molar-refractivity contribution is -0.115. The Balaban J connectivity index is 1.17. The second-order valence-electron chi connectivity index (χ2n) is 11.4. The van der Waals surface area contributed by atoms with Crippen molar-refractivity contribution < 1.29 is 19.1 Å². The van der Waals surface area contributed by atoms with Crippen LogP contribution < -0.4 is 26.2 Å². The molecule has 2 aromatic heterocycles. The molecule has 214 valence electrons. The molecule has 13 heteroatoms. The van der Waals surface area contributed by atoms with E-state index in [0.29, 0.717) is 36.2 Å². The normalized spacial score (nSPS) is 18.5. The van der Waals surface area contributed by atoms with E-state index in [1.54, 1.807) is 21.7 Å². The Labute approximate surface area is 236 Å². The SMILES string of the molecule is CC(C)(C)OC(=O)N1CCN(c2ccc(Nc3cc(NC4CC4)n4ncc(/C=C5\NC(=O)NC5=O)c4n3)cc2)CC1. The van der Waals surface area contributed by atoms with E-state index in [-0.39, 0.29) is 11.8 Å². The number of urea groups is 1. The molecule has 0 atom stereocenters. The number of nitrogens with one attached hydrogen (secondary N) is 4. The summed E-state index contributed by atoms with van der Waals surface area (Å²) >= 11 is 0. The first-order chi connectivity index (χ1) is 19.6. The zero-order valence-electron chi connectivity index (χ0n) is 23.2. The van der Waals surface area contributed by atoms with Gasteiger partial charge in [0.2, 0.25) is 0 Å². The van der Waals surface area contributed by atoms with Crippen LogP contribution in [0, 0.1) is 0 Å². The molecule has 13 nitrogen and oxygen atoms in total. The fourth-order valence-corrected chi connectivity index (χ4v) is 4.70. The first-order valence-electron chi connectivity index (χ1n) is 13.7. The maximum atomic E-state index is 12.4. The van der Waals surface area contributed by atoms with Crippen LogP contribution in [0.1, 0.15) is 39.2 Å². The molecule has 3 aliphatic rings. The summed E-state index contributed by atoms with van der Waals surface area (Å²) in [6.07, 6.45) is 5.09. The standard InChI is InChI=1S/C28H33N9O4/c1-28(2,3)41-27(40)36-12-10-35(11-13-36)20-8-6-18(7-9-20)30-22-15-23(31-19-4-5-19)37-24(33-22)17(16-29-37)14-21-25(38)34-26(39)32-21/h6-9,14-16,19,31H,4-5,10-13H2,1-3H3,(H,30,33)(H2,32,34,38,39)/b21-14-. The van der Waals surface area contributed by atoms with Crippen LogP contribution in [0.3, 0.4) is 0 Å². The van der Waals surface area contributed by atoms with Crippen molar-refractivity contribution >= 4 is 52.8 Å². The zero-order chi connectivity index (χ0) is 28.7. The Morgan fingerprint density at radius 1 is 1.07 bits per heavy atom. The Kier molecular flexibility index (Phi) is 6.64. The third-order valence-electron chi connectivity index (χ3n) is 6.88. The molecule has 4 amide bonds. The number of imide groups is 1. The summed E-state index contributed by atoms with van der Waals surface area (Å²) in [6, 6.07) is 9.81. The summed E-state index contributed by atoms with van der Waals surface area (Å²) in [5.41, 5.74) is 2.70. The monoisotopic (exact) mass is 559 g/mol. The largest absolute Gasteiger partial charge is 0.444 e. The van der Waals surface area contributed by atoms with Crippen LogP contribution in [0.4, 0.5) is 32.6 Å². The summed E-state index contributed by atoms with van der Waals surface area (Å²) in [7, 11) is 0. The predicted octanol–water partition coefficient (Wildman–Crippen LogP) is 3.28. The number of rotatable bonds is 6. The summed E-state index contributed by atoms with van der Waals surface area (Å²) in [6.45, 7) is 8.26. The summed E-state index contributed by atoms with van der Waals surface area (Å²) in [5, 5.41) is 16.0. The Hall–Kier alpha value is -4.81. The van der Waals surface area contributed by atoms with Gasteiger partial charge in [-0.3, -0.25) is 10.1 Å². The number of fused-ring (bicyclic) bond motifs is 1. The highest BCUT2D eigenvalue weighted by atomic mass is 16.6. The fraction of sp³-hybridized carbons (Fsp3) is 0.393. The number of anilines is 4. The second-order valence-corrected chi connectivity index (χ2v) is 11.4. The van der Waals surface area contributed by atoms with Crippen molar-refractivity contribution in [2.24, 2.45) is 0 Å². The third kappa shape index (κ3) is 6.03. The minimum absolute atomic E-state index is 0.143. The number of hydrogen-bond donors (Lipinski definition) is 4. The van der Waals surface area contributed by atoms with Crippen molar-refractivity contribution in [2.75, 3.05) is 41.7 Å². The Bertz CT molecular complexity index is 1530. The average Bonchev–Trinajstić information content (AvgIpc) is 3.56. The number of ether oxygens (including phenoxy) is 1. The fourth-order valence-electron chi connectivity index (χ4n) is 4.70. The molecule has 1 aromatic carbocycles. The van der Waals surface area contributed by atoms with E-state index in [2.05, 4.69) is 31.3 Å². The second kappa shape index (κ2) is 10.3. The topological polar surface area (TPSA) is 145 Å². The number of nitrogens with zero attached hydrogens (tertiary/aromatic N) is 5. The number of hydrogen-bond acceptors (Lipinski definition) is 9. The smallest absolute Gasteiger partial charge is 0.410 e. The minimum atomic E-state index is -0.558. The Morgan fingerprint density at radius 2 is 1.80 bits per heavy atom. The van der Waals surface area contributed by atoms with Gasteiger partial charge < -0.3 is 30.5 Å². The van der Waals surface area contributed by atoms with Gasteiger partial charge in [-0.2, -0.15) is 9.61 Å². The number of aromatic nitrogens is 3. The highest BCUT2D eigenvalue weighted by Crippen LogP contribution is 2.29. The van der Waals surface area contributed by atoms with E-state index in [1.807, 2.05) is 51.1 Å². The summed E-state index contributed by atoms with van der Waals surface area (Å²) in [4.78, 5) is 44.7. The van der Waals surface area contributed by atoms with E-state index in [1.165, 1.54) is 0 Å². The lowest BCUT2D eigenvalue weighted by Crippen LogP contribution is -2.50. The van der Waals surface area contributed by atoms with Crippen LogP contribution in [0.5, 0.6) is 0 Å². The number of amides is 4. The lowest BCUT2D eigenvalue weighted by atomic mass is 10.2. The van der Waals surface area contributed by atoms with Crippen LogP contribution >= 0.6 is 0 Å². The molecular formula is C28H33N9O4. The van der Waals surface area contributed by atoms with E-state index < -0.39 is 17.5 Å². The molecule has 0 unspecified atom stereocenters. The van der Waals surface area contributed by atoms with E-state index in [0.717, 1.165) is 43.1 Å². The predicted molar refractivity (Wildman–Crippen MR) is 154 cm³/mol. The Morgan fingerprint density at radius 3 is 2.44 bits per heavy atom. The van der Waals surface area contributed by atoms with Gasteiger partial charge in [0.25, 0.3) is 5.91 Å². The average molecular weight is 560 g/mol. The zero-order valence-corrected chi connectivity index (χ0v) is 23.2. The van der Waals surface area contributed by atoms with E-state index >= 15 is 0 Å². The van der Waals surface area contributed by atoms with Crippen molar-refractivity contribution in [1.29, 1.82) is 0 Å². The van der Waals surface area contributed by atoms with Crippen LogP contribution in [0.2, 0.25) is 0 Å². The van der Waals surface area contributed by atoms with Crippen molar-refractivity contribution in [3.8, 4) is 0 Å². The maximum absolute atomic E-state index is 12.4. The van der Waals surface area contributed by atoms with Crippen molar-refractivity contribution in [1.82, 2.24) is 30.1 Å². The number of carbonyl (C=O) groups excluding carboxylic acids is 3. The molecule has 0 spiro atoms. The number of benzene rings is 1. The van der Waals surface area contributed by atoms with Crippen molar-refractivity contribution in [2.45, 2.75) is 45.3 Å². The van der Waals surface area contributed by atoms with Crippen LogP contribution in [-0.2, 0) is 9.53 Å². The summed E-state index contributed by atoms with van der Waals surface area (Å²) in [5.74, 6) is 0.898. The molecule has 41 heavy (non-hydrogen) atoms. The quantitative estimate of drug-likeness (QED) is 0.264. The first-order valence-corrected chi connectivity index (χ1v) is 13.7. The van der Waals surface area contributed by atoms with Crippen molar-refractivity contribution in [3.05, 3.63) is 47.8 Å². The molecule has 6 rings (SSSR count). The van der Waals surface area contributed by atoms with Crippen LogP contribution in [0.15, 0.2) is 42.2 Å². The molecular weight excluding hydrogens is 526 g/mol. The van der Waals surface area contributed by atoms with Gasteiger partial charge in [-0.1, -0.05) is 0 Å². The molecule has 3 fully saturated rings. The molecule has 2 aliphatic heterocycles. The van der Waals surface area contributed by atoms with Crippen LogP contribution in [-0.4, -0.2) is 75.4 Å². The van der Waals surface area contributed by atoms with E-state index in [4.69, 9.17) is 9.72 Å². The van der Waals surface area contributed by atoms with Gasteiger partial charge in [0.1, 0.15) is 22.9 Å². The van der Waals surface area contributed by atoms with Gasteiger partial charge in [0.15, 0.2) is 5.65 Å². The van der Waals surface area contributed by atoms with Gasteiger partial charge in [0, 0.05) is 55.2 Å². The number of piperazine rings is 1. The maximum Gasteiger partial charge on any atom is 0.410 e. The third-order valence-corrected chi connectivity index (χ3v) is 6.88. The van der Waals surface area contributed by atoms with Crippen LogP contribution in [0.25, 0.3) is 11.7 Å². The van der Waals surface area contributed by atoms with Gasteiger partial charge in [0.05, 0.1) is 6.20 Å². The highest BCUT2D eigenvalue weighted by molar-refractivity contribution is 6.14. The van der Waals surface area contributed by atoms with E-state index in [9.17, 15) is 14.4 Å². The first kappa shape index (κ1) is 26.4. The summed E-state index contributed by atoms with van der Waals surface area (Å²) < 4.78 is 7.20. The van der Waals surface area contributed by atoms with Gasteiger partial charge in [-0.25, -0.2) is 14.6 Å². The molecule has 0 radical (unpaired) electrons. The molecule has 1 aliphatic carbocycles. The van der Waals surface area contributed by atoms with Gasteiger partial charge in [-0.15, -0.1) is 0 Å². The number of carbonyl (C=O) groups is 3.